The molecule has 1 heterocycles. The molecule has 0 amide bonds. The molecule has 1 aliphatic carbocycles. The number of hydrogen-bond donors (Lipinski definition) is 1. The lowest BCUT2D eigenvalue weighted by Crippen LogP contribution is -2.23. The van der Waals surface area contributed by atoms with Crippen molar-refractivity contribution in [3.63, 3.8) is 0 Å². The molecule has 3 rings (SSSR count). The maximum absolute atomic E-state index is 13.7. The fraction of sp³-hybridized carbons (Fsp3) is 0.500. The maximum Gasteiger partial charge on any atom is 0.417 e. The Hall–Kier alpha value is -1.91. The summed E-state index contributed by atoms with van der Waals surface area (Å²) in [5, 5.41) is 12.0. The van der Waals surface area contributed by atoms with Gasteiger partial charge in [0.25, 0.3) is 0 Å². The van der Waals surface area contributed by atoms with E-state index in [-0.39, 0.29) is 37.7 Å². The van der Waals surface area contributed by atoms with Gasteiger partial charge in [0.05, 0.1) is 41.2 Å². The van der Waals surface area contributed by atoms with E-state index in [1.54, 1.807) is 0 Å². The lowest BCUT2D eigenvalue weighted by atomic mass is 10.1. The number of sulfone groups is 1. The van der Waals surface area contributed by atoms with E-state index in [2.05, 4.69) is 5.10 Å². The Morgan fingerprint density at radius 3 is 2.64 bits per heavy atom. The van der Waals surface area contributed by atoms with Gasteiger partial charge < -0.3 is 9.84 Å². The standard InChI is InChI=1S/C18H21F3N2O4S/c1-27-14-3-4-15(9-14)28(25,26)17-5-2-12(8-16(17)18(19,20)21)13-10-22-23(11-13)6-7-24/h2,5,8,10-11,14-15,24H,3-4,6-7,9H2,1H3/t14-,15-/m1/s1. The minimum absolute atomic E-state index is 0.157. The van der Waals surface area contributed by atoms with Crippen molar-refractivity contribution in [1.29, 1.82) is 0 Å². The Balaban J connectivity index is 2.02. The molecular formula is C18H21F3N2O4S. The Morgan fingerprint density at radius 1 is 1.29 bits per heavy atom. The van der Waals surface area contributed by atoms with E-state index >= 15 is 0 Å². The van der Waals surface area contributed by atoms with Crippen LogP contribution in [0.2, 0.25) is 0 Å². The van der Waals surface area contributed by atoms with Gasteiger partial charge in [-0.1, -0.05) is 6.07 Å². The number of hydrogen-bond acceptors (Lipinski definition) is 5. The van der Waals surface area contributed by atoms with E-state index in [0.29, 0.717) is 12.0 Å². The second-order valence-corrected chi connectivity index (χ2v) is 8.96. The van der Waals surface area contributed by atoms with Crippen molar-refractivity contribution in [2.24, 2.45) is 0 Å². The first-order valence-corrected chi connectivity index (χ1v) is 10.3. The van der Waals surface area contributed by atoms with E-state index in [1.807, 2.05) is 0 Å². The lowest BCUT2D eigenvalue weighted by Gasteiger charge is -2.18. The Morgan fingerprint density at radius 2 is 2.04 bits per heavy atom. The van der Waals surface area contributed by atoms with Crippen molar-refractivity contribution in [3.05, 3.63) is 36.2 Å². The monoisotopic (exact) mass is 418 g/mol. The minimum atomic E-state index is -4.82. The molecule has 0 radical (unpaired) electrons. The third-order valence-corrected chi connectivity index (χ3v) is 7.27. The van der Waals surface area contributed by atoms with Crippen LogP contribution in [0, 0.1) is 0 Å². The molecular weight excluding hydrogens is 397 g/mol. The Kier molecular flexibility index (Phi) is 5.83. The summed E-state index contributed by atoms with van der Waals surface area (Å²) in [6.45, 7) is 0.0525. The number of rotatable bonds is 6. The van der Waals surface area contributed by atoms with Gasteiger partial charge in [-0.15, -0.1) is 0 Å². The molecule has 1 fully saturated rings. The number of aromatic nitrogens is 2. The number of nitrogens with zero attached hydrogens (tertiary/aromatic N) is 2. The fourth-order valence-corrected chi connectivity index (χ4v) is 5.51. The zero-order chi connectivity index (χ0) is 20.5. The van der Waals surface area contributed by atoms with Gasteiger partial charge in [0.1, 0.15) is 0 Å². The molecule has 0 spiro atoms. The zero-order valence-corrected chi connectivity index (χ0v) is 16.0. The van der Waals surface area contributed by atoms with E-state index in [9.17, 15) is 21.6 Å². The third-order valence-electron chi connectivity index (χ3n) is 5.00. The van der Waals surface area contributed by atoms with E-state index in [4.69, 9.17) is 9.84 Å². The molecule has 0 saturated heterocycles. The van der Waals surface area contributed by atoms with Crippen molar-refractivity contribution in [2.45, 2.75) is 48.2 Å². The topological polar surface area (TPSA) is 81.4 Å². The van der Waals surface area contributed by atoms with Crippen LogP contribution in [0.25, 0.3) is 11.1 Å². The van der Waals surface area contributed by atoms with Crippen LogP contribution in [0.15, 0.2) is 35.5 Å². The van der Waals surface area contributed by atoms with Crippen LogP contribution in [-0.2, 0) is 27.3 Å². The van der Waals surface area contributed by atoms with Crippen LogP contribution >= 0.6 is 0 Å². The second-order valence-electron chi connectivity index (χ2n) is 6.76. The summed E-state index contributed by atoms with van der Waals surface area (Å²) in [6, 6.07) is 3.22. The van der Waals surface area contributed by atoms with Gasteiger partial charge in [0, 0.05) is 18.9 Å². The van der Waals surface area contributed by atoms with Crippen molar-refractivity contribution in [1.82, 2.24) is 9.78 Å². The Bertz CT molecular complexity index is 941. The van der Waals surface area contributed by atoms with Gasteiger partial charge in [-0.3, -0.25) is 4.68 Å². The van der Waals surface area contributed by atoms with Crippen LogP contribution in [-0.4, -0.2) is 48.4 Å². The van der Waals surface area contributed by atoms with E-state index in [0.717, 1.165) is 12.1 Å². The molecule has 10 heteroatoms. The van der Waals surface area contributed by atoms with Gasteiger partial charge in [0.15, 0.2) is 9.84 Å². The molecule has 0 bridgehead atoms. The first-order valence-electron chi connectivity index (χ1n) is 8.78. The molecule has 2 aromatic rings. The molecule has 1 aliphatic rings. The van der Waals surface area contributed by atoms with E-state index in [1.165, 1.54) is 30.3 Å². The average molecular weight is 418 g/mol. The fourth-order valence-electron chi connectivity index (χ4n) is 3.49. The van der Waals surface area contributed by atoms with Gasteiger partial charge >= 0.3 is 6.18 Å². The lowest BCUT2D eigenvalue weighted by molar-refractivity contribution is -0.139. The van der Waals surface area contributed by atoms with Crippen LogP contribution in [0.5, 0.6) is 0 Å². The molecule has 1 aromatic carbocycles. The predicted octanol–water partition coefficient (Wildman–Crippen LogP) is 2.90. The number of aliphatic hydroxyl groups is 1. The quantitative estimate of drug-likeness (QED) is 0.780. The normalized spacial score (nSPS) is 20.6. The van der Waals surface area contributed by atoms with Crippen LogP contribution in [0.1, 0.15) is 24.8 Å². The zero-order valence-electron chi connectivity index (χ0n) is 15.2. The minimum Gasteiger partial charge on any atom is -0.394 e. The van der Waals surface area contributed by atoms with Crippen LogP contribution in [0.4, 0.5) is 13.2 Å². The Labute approximate surface area is 160 Å². The largest absolute Gasteiger partial charge is 0.417 e. The highest BCUT2D eigenvalue weighted by atomic mass is 32.2. The molecule has 154 valence electrons. The summed E-state index contributed by atoms with van der Waals surface area (Å²) in [7, 11) is -2.69. The smallest absolute Gasteiger partial charge is 0.394 e. The van der Waals surface area contributed by atoms with Crippen molar-refractivity contribution < 1.29 is 31.4 Å². The van der Waals surface area contributed by atoms with Gasteiger partial charge in [-0.05, 0) is 37.0 Å². The number of halogens is 3. The summed E-state index contributed by atoms with van der Waals surface area (Å²) >= 11 is 0. The number of ether oxygens (including phenoxy) is 1. The van der Waals surface area contributed by atoms with Crippen molar-refractivity contribution in [3.8, 4) is 11.1 Å². The van der Waals surface area contributed by atoms with Crippen LogP contribution < -0.4 is 0 Å². The summed E-state index contributed by atoms with van der Waals surface area (Å²) in [5.74, 6) is 0. The summed E-state index contributed by atoms with van der Waals surface area (Å²) < 4.78 is 73.4. The number of aliphatic hydroxyl groups excluding tert-OH is 1. The maximum atomic E-state index is 13.7. The molecule has 1 N–H and O–H groups in total. The first-order chi connectivity index (χ1) is 13.2. The highest BCUT2D eigenvalue weighted by Gasteiger charge is 2.42. The van der Waals surface area contributed by atoms with Gasteiger partial charge in [-0.2, -0.15) is 18.3 Å². The molecule has 0 unspecified atom stereocenters. The van der Waals surface area contributed by atoms with Crippen LogP contribution in [0.3, 0.4) is 0 Å². The second kappa shape index (κ2) is 7.84. The van der Waals surface area contributed by atoms with Gasteiger partial charge in [0.2, 0.25) is 0 Å². The SMILES string of the molecule is CO[C@@H]1CC[C@@H](S(=O)(=O)c2ccc(-c3cnn(CCO)c3)cc2C(F)(F)F)C1. The number of methoxy groups -OCH3 is 1. The molecule has 0 aliphatic heterocycles. The highest BCUT2D eigenvalue weighted by Crippen LogP contribution is 2.40. The first kappa shape index (κ1) is 20.8. The summed E-state index contributed by atoms with van der Waals surface area (Å²) in [5.41, 5.74) is -0.569. The molecule has 6 nitrogen and oxygen atoms in total. The predicted molar refractivity (Wildman–Crippen MR) is 95.4 cm³/mol. The third kappa shape index (κ3) is 4.08. The summed E-state index contributed by atoms with van der Waals surface area (Å²) in [6.07, 6.45) is -1.24. The molecule has 28 heavy (non-hydrogen) atoms. The summed E-state index contributed by atoms with van der Waals surface area (Å²) in [4.78, 5) is -0.701. The average Bonchev–Trinajstić information content (AvgIpc) is 3.30. The molecule has 1 aromatic heterocycles. The molecule has 1 saturated carbocycles. The number of alkyl halides is 3. The van der Waals surface area contributed by atoms with Crippen molar-refractivity contribution >= 4 is 9.84 Å². The highest BCUT2D eigenvalue weighted by molar-refractivity contribution is 7.92. The van der Waals surface area contributed by atoms with E-state index < -0.39 is 31.7 Å². The van der Waals surface area contributed by atoms with Gasteiger partial charge in [-0.25, -0.2) is 8.42 Å². The molecule has 2 atom stereocenters. The number of benzene rings is 1. The van der Waals surface area contributed by atoms with Crippen molar-refractivity contribution in [2.75, 3.05) is 13.7 Å².